The number of carbonyl (C=O) groups excluding carboxylic acids is 2. The molecule has 2 amide bonds. The lowest BCUT2D eigenvalue weighted by molar-refractivity contribution is 0.0948. The molecule has 0 aliphatic heterocycles. The van der Waals surface area contributed by atoms with Crippen LogP contribution in [-0.2, 0) is 17.6 Å². The van der Waals surface area contributed by atoms with Gasteiger partial charge in [0.05, 0.1) is 11.3 Å². The molecular formula is C24H27N3O3S2. The number of ether oxygens (including phenoxy) is 1. The SMILES string of the molecule is COCCCNC(=O)c1c(NC(=O)c2sc(-c3ccccc3)nc2C)sc2c1CCCC2. The number of aryl methyl sites for hydroxylation is 2. The van der Waals surface area contributed by atoms with Crippen molar-refractivity contribution in [2.45, 2.75) is 39.0 Å². The molecule has 2 aromatic heterocycles. The Labute approximate surface area is 196 Å². The fourth-order valence-corrected chi connectivity index (χ4v) is 6.12. The fourth-order valence-electron chi connectivity index (χ4n) is 3.87. The highest BCUT2D eigenvalue weighted by Gasteiger charge is 2.27. The van der Waals surface area contributed by atoms with Crippen LogP contribution in [-0.4, -0.2) is 37.1 Å². The van der Waals surface area contributed by atoms with Crippen molar-refractivity contribution in [3.05, 3.63) is 56.9 Å². The second-order valence-electron chi connectivity index (χ2n) is 7.77. The highest BCUT2D eigenvalue weighted by molar-refractivity contribution is 7.18. The molecular weight excluding hydrogens is 442 g/mol. The number of fused-ring (bicyclic) bond motifs is 1. The summed E-state index contributed by atoms with van der Waals surface area (Å²) in [4.78, 5) is 32.6. The second kappa shape index (κ2) is 10.4. The summed E-state index contributed by atoms with van der Waals surface area (Å²) in [6, 6.07) is 9.84. The maximum Gasteiger partial charge on any atom is 0.268 e. The first-order chi connectivity index (χ1) is 15.6. The van der Waals surface area contributed by atoms with Gasteiger partial charge in [-0.25, -0.2) is 4.98 Å². The lowest BCUT2D eigenvalue weighted by atomic mass is 9.95. The molecule has 3 aromatic rings. The number of nitrogens with one attached hydrogen (secondary N) is 2. The molecule has 0 saturated carbocycles. The van der Waals surface area contributed by atoms with Crippen LogP contribution >= 0.6 is 22.7 Å². The molecule has 0 saturated heterocycles. The quantitative estimate of drug-likeness (QED) is 0.451. The number of thiophene rings is 1. The number of aromatic nitrogens is 1. The van der Waals surface area contributed by atoms with Gasteiger partial charge in [0.25, 0.3) is 11.8 Å². The number of thiazole rings is 1. The van der Waals surface area contributed by atoms with Crippen molar-refractivity contribution >= 4 is 39.5 Å². The largest absolute Gasteiger partial charge is 0.385 e. The Kier molecular flexibility index (Phi) is 7.34. The standard InChI is InChI=1S/C24H27N3O3S2/c1-15-20(32-23(26-15)16-9-4-3-5-10-16)22(29)27-24-19(21(28)25-13-8-14-30-2)17-11-6-7-12-18(17)31-24/h3-5,9-10H,6-8,11-14H2,1-2H3,(H,25,28)(H,27,29). The number of carbonyl (C=O) groups is 2. The maximum atomic E-state index is 13.2. The summed E-state index contributed by atoms with van der Waals surface area (Å²) in [7, 11) is 1.65. The Morgan fingerprint density at radius 3 is 2.66 bits per heavy atom. The van der Waals surface area contributed by atoms with E-state index in [1.807, 2.05) is 37.3 Å². The van der Waals surface area contributed by atoms with Crippen LogP contribution in [0.4, 0.5) is 5.00 Å². The van der Waals surface area contributed by atoms with Crippen LogP contribution < -0.4 is 10.6 Å². The number of amides is 2. The van der Waals surface area contributed by atoms with E-state index in [1.165, 1.54) is 27.6 Å². The van der Waals surface area contributed by atoms with Crippen LogP contribution in [0.3, 0.4) is 0 Å². The normalized spacial score (nSPS) is 12.9. The minimum absolute atomic E-state index is 0.123. The zero-order chi connectivity index (χ0) is 22.5. The van der Waals surface area contributed by atoms with Gasteiger partial charge in [-0.05, 0) is 44.6 Å². The van der Waals surface area contributed by atoms with Crippen molar-refractivity contribution in [3.63, 3.8) is 0 Å². The lowest BCUT2D eigenvalue weighted by Gasteiger charge is -2.13. The van der Waals surface area contributed by atoms with Crippen LogP contribution in [0.2, 0.25) is 0 Å². The predicted molar refractivity (Wildman–Crippen MR) is 130 cm³/mol. The molecule has 0 spiro atoms. The average molecular weight is 470 g/mol. The molecule has 0 bridgehead atoms. The van der Waals surface area contributed by atoms with E-state index >= 15 is 0 Å². The van der Waals surface area contributed by atoms with Gasteiger partial charge in [-0.3, -0.25) is 9.59 Å². The van der Waals surface area contributed by atoms with E-state index < -0.39 is 0 Å². The summed E-state index contributed by atoms with van der Waals surface area (Å²) in [5.74, 6) is -0.337. The number of methoxy groups -OCH3 is 1. The van der Waals surface area contributed by atoms with Crippen LogP contribution in [0, 0.1) is 6.92 Å². The van der Waals surface area contributed by atoms with E-state index in [2.05, 4.69) is 15.6 Å². The van der Waals surface area contributed by atoms with Gasteiger partial charge in [-0.1, -0.05) is 30.3 Å². The molecule has 168 valence electrons. The predicted octanol–water partition coefficient (Wildman–Crippen LogP) is 5.08. The highest BCUT2D eigenvalue weighted by atomic mass is 32.1. The molecule has 0 unspecified atom stereocenters. The summed E-state index contributed by atoms with van der Waals surface area (Å²) in [5.41, 5.74) is 3.40. The monoisotopic (exact) mass is 469 g/mol. The van der Waals surface area contributed by atoms with Gasteiger partial charge in [0.2, 0.25) is 0 Å². The van der Waals surface area contributed by atoms with E-state index in [9.17, 15) is 9.59 Å². The van der Waals surface area contributed by atoms with E-state index in [-0.39, 0.29) is 11.8 Å². The highest BCUT2D eigenvalue weighted by Crippen LogP contribution is 2.39. The summed E-state index contributed by atoms with van der Waals surface area (Å²) >= 11 is 2.91. The number of hydrogen-bond donors (Lipinski definition) is 2. The summed E-state index contributed by atoms with van der Waals surface area (Å²) in [6.45, 7) is 2.99. The zero-order valence-corrected chi connectivity index (χ0v) is 20.0. The Morgan fingerprint density at radius 2 is 1.88 bits per heavy atom. The molecule has 1 aliphatic rings. The molecule has 2 heterocycles. The molecule has 4 rings (SSSR count). The lowest BCUT2D eigenvalue weighted by Crippen LogP contribution is -2.27. The molecule has 0 atom stereocenters. The third kappa shape index (κ3) is 4.92. The third-order valence-electron chi connectivity index (χ3n) is 5.46. The number of benzene rings is 1. The Hall–Kier alpha value is -2.55. The topological polar surface area (TPSA) is 80.3 Å². The molecule has 6 nitrogen and oxygen atoms in total. The van der Waals surface area contributed by atoms with Crippen molar-refractivity contribution < 1.29 is 14.3 Å². The smallest absolute Gasteiger partial charge is 0.268 e. The molecule has 2 N–H and O–H groups in total. The van der Waals surface area contributed by atoms with Gasteiger partial charge in [-0.2, -0.15) is 0 Å². The van der Waals surface area contributed by atoms with Crippen molar-refractivity contribution in [3.8, 4) is 10.6 Å². The first kappa shape index (κ1) is 22.6. The summed E-state index contributed by atoms with van der Waals surface area (Å²) in [5, 5.41) is 7.48. The van der Waals surface area contributed by atoms with Gasteiger partial charge < -0.3 is 15.4 Å². The second-order valence-corrected chi connectivity index (χ2v) is 9.88. The fraction of sp³-hybridized carbons (Fsp3) is 0.375. The molecule has 1 aromatic carbocycles. The van der Waals surface area contributed by atoms with Gasteiger partial charge in [0.1, 0.15) is 14.9 Å². The first-order valence-electron chi connectivity index (χ1n) is 10.8. The van der Waals surface area contributed by atoms with Crippen LogP contribution in [0.1, 0.15) is 55.4 Å². The molecule has 1 aliphatic carbocycles. The van der Waals surface area contributed by atoms with Gasteiger partial charge in [-0.15, -0.1) is 22.7 Å². The maximum absolute atomic E-state index is 13.2. The van der Waals surface area contributed by atoms with E-state index in [0.717, 1.165) is 48.2 Å². The van der Waals surface area contributed by atoms with Crippen molar-refractivity contribution in [2.75, 3.05) is 25.6 Å². The molecule has 32 heavy (non-hydrogen) atoms. The van der Waals surface area contributed by atoms with Crippen LogP contribution in [0.25, 0.3) is 10.6 Å². The molecule has 8 heteroatoms. The number of hydrogen-bond acceptors (Lipinski definition) is 6. The van der Waals surface area contributed by atoms with Gasteiger partial charge in [0, 0.05) is 30.7 Å². The van der Waals surface area contributed by atoms with Crippen molar-refractivity contribution in [1.29, 1.82) is 0 Å². The minimum Gasteiger partial charge on any atom is -0.385 e. The van der Waals surface area contributed by atoms with Crippen molar-refractivity contribution in [2.24, 2.45) is 0 Å². The van der Waals surface area contributed by atoms with Crippen LogP contribution in [0.5, 0.6) is 0 Å². The third-order valence-corrected chi connectivity index (χ3v) is 7.87. The Morgan fingerprint density at radius 1 is 1.09 bits per heavy atom. The van der Waals surface area contributed by atoms with Gasteiger partial charge >= 0.3 is 0 Å². The molecule has 0 fully saturated rings. The van der Waals surface area contributed by atoms with E-state index in [0.29, 0.717) is 34.3 Å². The summed E-state index contributed by atoms with van der Waals surface area (Å²) in [6.07, 6.45) is 4.76. The Bertz CT molecular complexity index is 1110. The van der Waals surface area contributed by atoms with E-state index in [4.69, 9.17) is 4.74 Å². The number of rotatable bonds is 8. The Balaban J connectivity index is 1.57. The molecule has 0 radical (unpaired) electrons. The minimum atomic E-state index is -0.214. The van der Waals surface area contributed by atoms with Crippen LogP contribution in [0.15, 0.2) is 30.3 Å². The number of anilines is 1. The van der Waals surface area contributed by atoms with Crippen molar-refractivity contribution in [1.82, 2.24) is 10.3 Å². The summed E-state index contributed by atoms with van der Waals surface area (Å²) < 4.78 is 5.06. The zero-order valence-electron chi connectivity index (χ0n) is 18.3. The average Bonchev–Trinajstić information content (AvgIpc) is 3.37. The first-order valence-corrected chi connectivity index (χ1v) is 12.5. The van der Waals surface area contributed by atoms with Gasteiger partial charge in [0.15, 0.2) is 0 Å². The van der Waals surface area contributed by atoms with E-state index in [1.54, 1.807) is 7.11 Å². The number of nitrogens with zero attached hydrogens (tertiary/aromatic N) is 1.